The number of carboxylic acid groups (broad SMARTS) is 1. The van der Waals surface area contributed by atoms with Gasteiger partial charge in [0.05, 0.1) is 16.9 Å². The second-order valence-corrected chi connectivity index (χ2v) is 10.4. The van der Waals surface area contributed by atoms with E-state index in [1.54, 1.807) is 12.1 Å². The van der Waals surface area contributed by atoms with E-state index in [0.717, 1.165) is 25.5 Å². The van der Waals surface area contributed by atoms with Crippen LogP contribution in [0, 0.1) is 5.82 Å². The van der Waals surface area contributed by atoms with Crippen molar-refractivity contribution in [2.75, 3.05) is 44.2 Å². The summed E-state index contributed by atoms with van der Waals surface area (Å²) < 4.78 is 42.3. The number of hydrogen-bond donors (Lipinski definition) is 4. The van der Waals surface area contributed by atoms with Gasteiger partial charge in [0.1, 0.15) is 12.0 Å². The summed E-state index contributed by atoms with van der Waals surface area (Å²) in [6.07, 6.45) is -1.21. The molecule has 2 aliphatic rings. The van der Waals surface area contributed by atoms with E-state index in [0.29, 0.717) is 31.9 Å². The Labute approximate surface area is 214 Å². The average molecular weight is 533 g/mol. The number of guanidine groups is 1. The first kappa shape index (κ1) is 26.4. The number of nitrogens with one attached hydrogen (secondary N) is 3. The predicted octanol–water partition coefficient (Wildman–Crippen LogP) is 0.806. The fourth-order valence-electron chi connectivity index (χ4n) is 4.18. The third kappa shape index (κ3) is 6.74. The van der Waals surface area contributed by atoms with Crippen LogP contribution in [0.3, 0.4) is 0 Å². The molecule has 1 unspecified atom stereocenters. The second kappa shape index (κ2) is 11.6. The summed E-state index contributed by atoms with van der Waals surface area (Å²) in [6, 6.07) is 11.5. The third-order valence-electron chi connectivity index (χ3n) is 6.06. The Morgan fingerprint density at radius 1 is 1.08 bits per heavy atom. The van der Waals surface area contributed by atoms with Gasteiger partial charge in [0.2, 0.25) is 10.0 Å². The van der Waals surface area contributed by atoms with Crippen molar-refractivity contribution in [3.8, 4) is 0 Å². The van der Waals surface area contributed by atoms with Crippen molar-refractivity contribution in [2.24, 2.45) is 4.99 Å². The highest BCUT2D eigenvalue weighted by atomic mass is 32.2. The van der Waals surface area contributed by atoms with Gasteiger partial charge in [-0.3, -0.25) is 14.6 Å². The van der Waals surface area contributed by atoms with Gasteiger partial charge in [-0.05, 0) is 36.8 Å². The van der Waals surface area contributed by atoms with Crippen LogP contribution in [0.15, 0.2) is 58.4 Å². The molecule has 198 valence electrons. The highest BCUT2D eigenvalue weighted by Gasteiger charge is 2.26. The Bertz CT molecular complexity index is 1270. The molecule has 0 aliphatic carbocycles. The number of carboxylic acids is 1. The Morgan fingerprint density at radius 3 is 2.41 bits per heavy atom. The topological polar surface area (TPSA) is 143 Å². The van der Waals surface area contributed by atoms with Gasteiger partial charge in [-0.1, -0.05) is 18.2 Å². The average Bonchev–Trinajstić information content (AvgIpc) is 2.89. The number of hydrogen-bond acceptors (Lipinski definition) is 8. The van der Waals surface area contributed by atoms with E-state index in [-0.39, 0.29) is 10.5 Å². The Morgan fingerprint density at radius 2 is 1.78 bits per heavy atom. The van der Waals surface area contributed by atoms with Crippen LogP contribution in [0.5, 0.6) is 0 Å². The number of aliphatic carboxylic acids is 1. The van der Waals surface area contributed by atoms with E-state index in [1.165, 1.54) is 36.4 Å². The van der Waals surface area contributed by atoms with Gasteiger partial charge in [0, 0.05) is 45.0 Å². The second-order valence-electron chi connectivity index (χ2n) is 8.68. The fraction of sp³-hybridized carbons (Fsp3) is 0.375. The number of carbonyl (C=O) groups excluding carboxylic acids is 1. The van der Waals surface area contributed by atoms with Gasteiger partial charge >= 0.3 is 5.97 Å². The summed E-state index contributed by atoms with van der Waals surface area (Å²) >= 11 is 0. The highest BCUT2D eigenvalue weighted by molar-refractivity contribution is 7.89. The summed E-state index contributed by atoms with van der Waals surface area (Å²) in [5.41, 5.74) is 0.288. The molecule has 0 saturated carbocycles. The van der Waals surface area contributed by atoms with Crippen molar-refractivity contribution in [3.05, 3.63) is 59.9 Å². The van der Waals surface area contributed by atoms with Crippen molar-refractivity contribution in [3.63, 3.8) is 0 Å². The normalized spacial score (nSPS) is 16.9. The van der Waals surface area contributed by atoms with Gasteiger partial charge in [-0.25, -0.2) is 12.8 Å². The van der Waals surface area contributed by atoms with E-state index in [9.17, 15) is 27.5 Å². The number of rotatable bonds is 8. The lowest BCUT2D eigenvalue weighted by molar-refractivity contribution is -0.137. The largest absolute Gasteiger partial charge is 0.481 e. The van der Waals surface area contributed by atoms with Crippen molar-refractivity contribution >= 4 is 33.5 Å². The van der Waals surface area contributed by atoms with Crippen molar-refractivity contribution in [1.82, 2.24) is 20.3 Å². The highest BCUT2D eigenvalue weighted by Crippen LogP contribution is 2.21. The number of piperazine rings is 1. The van der Waals surface area contributed by atoms with E-state index in [4.69, 9.17) is 0 Å². The Balaban J connectivity index is 1.41. The SMILES string of the molecule is O=C(O)CC(NC(=O)c1ccc(N2CCN(C3=NCCCN3)CC2)cc1F)NS(=O)(=O)c1ccccc1. The molecule has 1 saturated heterocycles. The minimum Gasteiger partial charge on any atom is -0.481 e. The molecule has 2 aromatic carbocycles. The summed E-state index contributed by atoms with van der Waals surface area (Å²) in [7, 11) is -4.12. The first-order valence-corrected chi connectivity index (χ1v) is 13.4. The molecular formula is C24H29FN6O5S. The van der Waals surface area contributed by atoms with Crippen LogP contribution in [-0.4, -0.2) is 81.7 Å². The molecular weight excluding hydrogens is 503 g/mol. The number of benzene rings is 2. The number of aliphatic imine (C=N–C) groups is 1. The van der Waals surface area contributed by atoms with Gasteiger partial charge in [-0.15, -0.1) is 0 Å². The fourth-order valence-corrected chi connectivity index (χ4v) is 5.35. The number of anilines is 1. The van der Waals surface area contributed by atoms with Crippen LogP contribution in [0.1, 0.15) is 23.2 Å². The lowest BCUT2D eigenvalue weighted by atomic mass is 10.1. The molecule has 1 amide bonds. The minimum absolute atomic E-state index is 0.0957. The number of sulfonamides is 1. The quantitative estimate of drug-likeness (QED) is 0.366. The van der Waals surface area contributed by atoms with Crippen LogP contribution in [0.4, 0.5) is 10.1 Å². The van der Waals surface area contributed by atoms with Crippen LogP contribution >= 0.6 is 0 Å². The van der Waals surface area contributed by atoms with Crippen molar-refractivity contribution in [2.45, 2.75) is 23.9 Å². The lowest BCUT2D eigenvalue weighted by Crippen LogP contribution is -2.53. The van der Waals surface area contributed by atoms with E-state index >= 15 is 0 Å². The van der Waals surface area contributed by atoms with E-state index < -0.39 is 40.3 Å². The summed E-state index contributed by atoms with van der Waals surface area (Å²) in [5, 5.41) is 14.8. The zero-order valence-corrected chi connectivity index (χ0v) is 20.9. The molecule has 0 radical (unpaired) electrons. The summed E-state index contributed by atoms with van der Waals surface area (Å²) in [4.78, 5) is 32.6. The minimum atomic E-state index is -4.12. The van der Waals surface area contributed by atoms with Gasteiger partial charge in [-0.2, -0.15) is 4.72 Å². The molecule has 2 aliphatic heterocycles. The molecule has 0 bridgehead atoms. The zero-order chi connectivity index (χ0) is 26.4. The van der Waals surface area contributed by atoms with Gasteiger partial charge in [0.25, 0.3) is 5.91 Å². The maximum atomic E-state index is 15.0. The van der Waals surface area contributed by atoms with Gasteiger partial charge < -0.3 is 25.5 Å². The summed E-state index contributed by atoms with van der Waals surface area (Å²) in [5.74, 6) is -2.18. The Kier molecular flexibility index (Phi) is 8.24. The maximum absolute atomic E-state index is 15.0. The number of carbonyl (C=O) groups is 2. The standard InChI is InChI=1S/C24H29FN6O5S/c25-20-15-17(30-11-13-31(14-12-30)24-26-9-4-10-27-24)7-8-19(20)23(34)28-21(16-22(32)33)29-37(35,36)18-5-2-1-3-6-18/h1-3,5-8,15,21,29H,4,9-14,16H2,(H,26,27)(H,28,34)(H,32,33). The zero-order valence-electron chi connectivity index (χ0n) is 20.1. The molecule has 4 rings (SSSR count). The van der Waals surface area contributed by atoms with Crippen LogP contribution in [-0.2, 0) is 14.8 Å². The van der Waals surface area contributed by atoms with Crippen molar-refractivity contribution in [1.29, 1.82) is 0 Å². The van der Waals surface area contributed by atoms with E-state index in [1.807, 2.05) is 4.90 Å². The molecule has 0 aromatic heterocycles. The molecule has 0 spiro atoms. The molecule has 4 N–H and O–H groups in total. The molecule has 2 aromatic rings. The van der Waals surface area contributed by atoms with Crippen LogP contribution < -0.4 is 20.3 Å². The first-order valence-electron chi connectivity index (χ1n) is 11.9. The van der Waals surface area contributed by atoms with Crippen LogP contribution in [0.2, 0.25) is 0 Å². The maximum Gasteiger partial charge on any atom is 0.306 e. The number of halogens is 1. The summed E-state index contributed by atoms with van der Waals surface area (Å²) in [6.45, 7) is 4.43. The van der Waals surface area contributed by atoms with Crippen molar-refractivity contribution < 1.29 is 27.5 Å². The lowest BCUT2D eigenvalue weighted by Gasteiger charge is -2.38. The smallest absolute Gasteiger partial charge is 0.306 e. The van der Waals surface area contributed by atoms with Gasteiger partial charge in [0.15, 0.2) is 5.96 Å². The van der Waals surface area contributed by atoms with E-state index in [2.05, 4.69) is 25.2 Å². The third-order valence-corrected chi connectivity index (χ3v) is 7.54. The first-order chi connectivity index (χ1) is 17.7. The molecule has 1 atom stereocenters. The number of amides is 1. The molecule has 2 heterocycles. The molecule has 11 nitrogen and oxygen atoms in total. The molecule has 1 fully saturated rings. The molecule has 13 heteroatoms. The van der Waals surface area contributed by atoms with Crippen LogP contribution in [0.25, 0.3) is 0 Å². The monoisotopic (exact) mass is 532 g/mol. The molecule has 37 heavy (non-hydrogen) atoms. The predicted molar refractivity (Wildman–Crippen MR) is 135 cm³/mol. The Hall–Kier alpha value is -3.71. The number of nitrogens with zero attached hydrogens (tertiary/aromatic N) is 3.